The van der Waals surface area contributed by atoms with E-state index >= 15 is 0 Å². The van der Waals surface area contributed by atoms with Gasteiger partial charge in [0, 0.05) is 26.4 Å². The molecule has 1 aliphatic heterocycles. The lowest BCUT2D eigenvalue weighted by atomic mass is 10.1. The van der Waals surface area contributed by atoms with Gasteiger partial charge in [-0.15, -0.1) is 0 Å². The zero-order chi connectivity index (χ0) is 14.2. The Labute approximate surface area is 121 Å². The van der Waals surface area contributed by atoms with E-state index in [1.807, 2.05) is 0 Å². The Kier molecular flexibility index (Phi) is 6.15. The van der Waals surface area contributed by atoms with Crippen molar-refractivity contribution in [2.45, 2.75) is 32.2 Å². The molecule has 1 aliphatic rings. The Morgan fingerprint density at radius 3 is 3.00 bits per heavy atom. The third kappa shape index (κ3) is 4.69. The highest BCUT2D eigenvalue weighted by Gasteiger charge is 2.14. The summed E-state index contributed by atoms with van der Waals surface area (Å²) >= 11 is 0. The molecule has 0 aliphatic carbocycles. The summed E-state index contributed by atoms with van der Waals surface area (Å²) in [7, 11) is 1.68. The van der Waals surface area contributed by atoms with Crippen molar-refractivity contribution in [2.75, 3.05) is 38.9 Å². The number of aryl methyl sites for hydroxylation is 1. The molecule has 1 unspecified atom stereocenters. The molecule has 1 heterocycles. The molecule has 4 nitrogen and oxygen atoms in total. The summed E-state index contributed by atoms with van der Waals surface area (Å²) < 4.78 is 16.4. The maximum absolute atomic E-state index is 5.81. The maximum Gasteiger partial charge on any atom is 0.142 e. The van der Waals surface area contributed by atoms with Crippen LogP contribution >= 0.6 is 0 Å². The molecular formula is C16H25NO3. The van der Waals surface area contributed by atoms with Crippen molar-refractivity contribution in [3.05, 3.63) is 23.8 Å². The first kappa shape index (κ1) is 15.1. The molecule has 4 heteroatoms. The van der Waals surface area contributed by atoms with Crippen LogP contribution in [0.25, 0.3) is 0 Å². The smallest absolute Gasteiger partial charge is 0.142 e. The molecule has 1 aromatic carbocycles. The average Bonchev–Trinajstić information content (AvgIpc) is 2.70. The van der Waals surface area contributed by atoms with Crippen LogP contribution in [0.2, 0.25) is 0 Å². The van der Waals surface area contributed by atoms with Crippen LogP contribution in [-0.2, 0) is 9.47 Å². The van der Waals surface area contributed by atoms with Gasteiger partial charge < -0.3 is 19.5 Å². The molecule has 0 amide bonds. The molecule has 112 valence electrons. The number of anilines is 1. The van der Waals surface area contributed by atoms with Gasteiger partial charge in [-0.05, 0) is 43.9 Å². The van der Waals surface area contributed by atoms with E-state index in [0.717, 1.165) is 43.9 Å². The molecule has 0 bridgehead atoms. The molecule has 0 saturated carbocycles. The highest BCUT2D eigenvalue weighted by molar-refractivity contribution is 5.58. The van der Waals surface area contributed by atoms with Gasteiger partial charge in [0.2, 0.25) is 0 Å². The largest absolute Gasteiger partial charge is 0.489 e. The predicted octanol–water partition coefficient (Wildman–Crippen LogP) is 3.00. The molecule has 1 N–H and O–H groups in total. The van der Waals surface area contributed by atoms with Gasteiger partial charge in [-0.1, -0.05) is 6.07 Å². The molecule has 2 rings (SSSR count). The molecular weight excluding hydrogens is 254 g/mol. The van der Waals surface area contributed by atoms with Crippen molar-refractivity contribution in [1.29, 1.82) is 0 Å². The minimum Gasteiger partial charge on any atom is -0.489 e. The molecule has 1 saturated heterocycles. The fourth-order valence-corrected chi connectivity index (χ4v) is 2.37. The second kappa shape index (κ2) is 8.12. The topological polar surface area (TPSA) is 39.7 Å². The first-order chi connectivity index (χ1) is 9.79. The van der Waals surface area contributed by atoms with Crippen LogP contribution < -0.4 is 10.1 Å². The summed E-state index contributed by atoms with van der Waals surface area (Å²) in [5.74, 6) is 0.909. The van der Waals surface area contributed by atoms with Gasteiger partial charge in [-0.25, -0.2) is 0 Å². The number of nitrogens with one attached hydrogen (secondary N) is 1. The van der Waals surface area contributed by atoms with Gasteiger partial charge in [-0.2, -0.15) is 0 Å². The maximum atomic E-state index is 5.81. The molecule has 0 spiro atoms. The normalized spacial score (nSPS) is 19.4. The molecule has 1 fully saturated rings. The van der Waals surface area contributed by atoms with E-state index < -0.39 is 0 Å². The number of hydrogen-bond donors (Lipinski definition) is 1. The molecule has 0 radical (unpaired) electrons. The van der Waals surface area contributed by atoms with Crippen LogP contribution in [0, 0.1) is 6.92 Å². The SMILES string of the molecule is COCCOc1cc(C)ccc1NC1CCCOCC1. The lowest BCUT2D eigenvalue weighted by molar-refractivity contribution is 0.143. The third-order valence-corrected chi connectivity index (χ3v) is 3.49. The van der Waals surface area contributed by atoms with Gasteiger partial charge in [-0.3, -0.25) is 0 Å². The number of methoxy groups -OCH3 is 1. The van der Waals surface area contributed by atoms with Crippen LogP contribution in [0.3, 0.4) is 0 Å². The van der Waals surface area contributed by atoms with Crippen molar-refractivity contribution in [3.8, 4) is 5.75 Å². The van der Waals surface area contributed by atoms with Crippen molar-refractivity contribution in [1.82, 2.24) is 0 Å². The van der Waals surface area contributed by atoms with E-state index in [0.29, 0.717) is 19.3 Å². The van der Waals surface area contributed by atoms with Gasteiger partial charge in [0.1, 0.15) is 12.4 Å². The number of ether oxygens (including phenoxy) is 3. The van der Waals surface area contributed by atoms with Crippen molar-refractivity contribution >= 4 is 5.69 Å². The van der Waals surface area contributed by atoms with E-state index in [4.69, 9.17) is 14.2 Å². The lowest BCUT2D eigenvalue weighted by Gasteiger charge is -2.20. The van der Waals surface area contributed by atoms with Gasteiger partial charge >= 0.3 is 0 Å². The Bertz CT molecular complexity index is 401. The quantitative estimate of drug-likeness (QED) is 0.813. The monoisotopic (exact) mass is 279 g/mol. The zero-order valence-corrected chi connectivity index (χ0v) is 12.5. The van der Waals surface area contributed by atoms with Crippen LogP contribution in [0.15, 0.2) is 18.2 Å². The van der Waals surface area contributed by atoms with E-state index in [9.17, 15) is 0 Å². The van der Waals surface area contributed by atoms with Crippen molar-refractivity contribution < 1.29 is 14.2 Å². The summed E-state index contributed by atoms with van der Waals surface area (Å²) in [5.41, 5.74) is 2.27. The second-order valence-corrected chi connectivity index (χ2v) is 5.23. The highest BCUT2D eigenvalue weighted by Crippen LogP contribution is 2.28. The summed E-state index contributed by atoms with van der Waals surface area (Å²) in [4.78, 5) is 0. The van der Waals surface area contributed by atoms with Gasteiger partial charge in [0.05, 0.1) is 12.3 Å². The number of benzene rings is 1. The van der Waals surface area contributed by atoms with Crippen LogP contribution in [0.1, 0.15) is 24.8 Å². The first-order valence-corrected chi connectivity index (χ1v) is 7.36. The van der Waals surface area contributed by atoms with Crippen molar-refractivity contribution in [2.24, 2.45) is 0 Å². The van der Waals surface area contributed by atoms with E-state index in [1.54, 1.807) is 7.11 Å². The Hall–Kier alpha value is -1.26. The summed E-state index contributed by atoms with van der Waals surface area (Å²) in [5, 5.41) is 3.60. The molecule has 0 aromatic heterocycles. The van der Waals surface area contributed by atoms with Crippen molar-refractivity contribution in [3.63, 3.8) is 0 Å². The Balaban J connectivity index is 2.01. The third-order valence-electron chi connectivity index (χ3n) is 3.49. The van der Waals surface area contributed by atoms with Gasteiger partial charge in [0.15, 0.2) is 0 Å². The summed E-state index contributed by atoms with van der Waals surface area (Å²) in [6.07, 6.45) is 3.31. The van der Waals surface area contributed by atoms with E-state index in [-0.39, 0.29) is 0 Å². The van der Waals surface area contributed by atoms with Gasteiger partial charge in [0.25, 0.3) is 0 Å². The second-order valence-electron chi connectivity index (χ2n) is 5.23. The fraction of sp³-hybridized carbons (Fsp3) is 0.625. The minimum absolute atomic E-state index is 0.463. The lowest BCUT2D eigenvalue weighted by Crippen LogP contribution is -2.20. The van der Waals surface area contributed by atoms with E-state index in [2.05, 4.69) is 30.4 Å². The molecule has 1 atom stereocenters. The fourth-order valence-electron chi connectivity index (χ4n) is 2.37. The Morgan fingerprint density at radius 1 is 1.25 bits per heavy atom. The minimum atomic E-state index is 0.463. The van der Waals surface area contributed by atoms with Crippen LogP contribution in [-0.4, -0.2) is 39.6 Å². The Morgan fingerprint density at radius 2 is 2.15 bits per heavy atom. The summed E-state index contributed by atoms with van der Waals surface area (Å²) in [6, 6.07) is 6.75. The van der Waals surface area contributed by atoms with Crippen LogP contribution in [0.4, 0.5) is 5.69 Å². The highest BCUT2D eigenvalue weighted by atomic mass is 16.5. The first-order valence-electron chi connectivity index (χ1n) is 7.36. The molecule has 20 heavy (non-hydrogen) atoms. The zero-order valence-electron chi connectivity index (χ0n) is 12.5. The number of rotatable bonds is 6. The molecule has 1 aromatic rings. The predicted molar refractivity (Wildman–Crippen MR) is 80.6 cm³/mol. The van der Waals surface area contributed by atoms with Crippen LogP contribution in [0.5, 0.6) is 5.75 Å². The van der Waals surface area contributed by atoms with E-state index in [1.165, 1.54) is 5.56 Å². The standard InChI is InChI=1S/C16H25NO3/c1-13-5-6-15(16(12-13)20-11-10-18-2)17-14-4-3-8-19-9-7-14/h5-6,12,14,17H,3-4,7-11H2,1-2H3. The number of hydrogen-bond acceptors (Lipinski definition) is 4. The average molecular weight is 279 g/mol. The summed E-state index contributed by atoms with van der Waals surface area (Å²) in [6.45, 7) is 4.96.